The number of carbonyl (C=O) groups excluding carboxylic acids is 1. The lowest BCUT2D eigenvalue weighted by molar-refractivity contribution is 0.0838. The second-order valence-corrected chi connectivity index (χ2v) is 7.00. The lowest BCUT2D eigenvalue weighted by Gasteiger charge is -2.33. The number of aromatic hydroxyl groups is 2. The predicted octanol–water partition coefficient (Wildman–Crippen LogP) is 3.82. The predicted molar refractivity (Wildman–Crippen MR) is 92.2 cm³/mol. The molecule has 2 aromatic rings. The average molecular weight is 338 g/mol. The number of rotatable bonds is 1. The van der Waals surface area contributed by atoms with Gasteiger partial charge in [0.2, 0.25) is 5.78 Å². The molecule has 0 aromatic heterocycles. The van der Waals surface area contributed by atoms with Gasteiger partial charge in [-0.05, 0) is 62.6 Å². The highest BCUT2D eigenvalue weighted by molar-refractivity contribution is 6.15. The molecule has 5 heteroatoms. The maximum atomic E-state index is 12.6. The first-order valence-corrected chi connectivity index (χ1v) is 8.15. The number of hydrogen-bond acceptors (Lipinski definition) is 5. The lowest BCUT2D eigenvalue weighted by Crippen LogP contribution is -2.32. The van der Waals surface area contributed by atoms with Crippen LogP contribution in [0.25, 0.3) is 6.08 Å². The van der Waals surface area contributed by atoms with Crippen LogP contribution in [0.3, 0.4) is 0 Å². The minimum absolute atomic E-state index is 0.0807. The maximum Gasteiger partial charge on any atom is 0.231 e. The zero-order chi connectivity index (χ0) is 17.8. The Hall–Kier alpha value is -2.95. The van der Waals surface area contributed by atoms with E-state index in [0.29, 0.717) is 16.9 Å². The number of benzene rings is 2. The second-order valence-electron chi connectivity index (χ2n) is 7.00. The fourth-order valence-corrected chi connectivity index (χ4v) is 3.25. The van der Waals surface area contributed by atoms with Crippen molar-refractivity contribution in [2.24, 2.45) is 0 Å². The summed E-state index contributed by atoms with van der Waals surface area (Å²) in [7, 11) is 0. The van der Waals surface area contributed by atoms with Gasteiger partial charge in [0.05, 0.1) is 5.56 Å². The fourth-order valence-electron chi connectivity index (χ4n) is 3.25. The molecule has 0 saturated carbocycles. The van der Waals surface area contributed by atoms with Crippen LogP contribution in [-0.2, 0) is 6.42 Å². The van der Waals surface area contributed by atoms with E-state index in [1.807, 2.05) is 19.9 Å². The third kappa shape index (κ3) is 2.71. The summed E-state index contributed by atoms with van der Waals surface area (Å²) in [5.74, 6) is 1.09. The van der Waals surface area contributed by atoms with E-state index in [9.17, 15) is 15.0 Å². The van der Waals surface area contributed by atoms with Gasteiger partial charge in [-0.2, -0.15) is 0 Å². The molecule has 2 aliphatic rings. The molecule has 2 aliphatic heterocycles. The number of phenols is 2. The van der Waals surface area contributed by atoms with Gasteiger partial charge in [-0.15, -0.1) is 0 Å². The highest BCUT2D eigenvalue weighted by atomic mass is 16.5. The van der Waals surface area contributed by atoms with Crippen LogP contribution in [0.4, 0.5) is 0 Å². The summed E-state index contributed by atoms with van der Waals surface area (Å²) in [5.41, 5.74) is 1.67. The van der Waals surface area contributed by atoms with Gasteiger partial charge < -0.3 is 19.7 Å². The molecule has 0 saturated heterocycles. The van der Waals surface area contributed by atoms with Gasteiger partial charge in [-0.25, -0.2) is 0 Å². The van der Waals surface area contributed by atoms with E-state index in [2.05, 4.69) is 0 Å². The molecule has 128 valence electrons. The number of phenolic OH excluding ortho intramolecular Hbond substituents is 2. The summed E-state index contributed by atoms with van der Waals surface area (Å²) >= 11 is 0. The van der Waals surface area contributed by atoms with Crippen LogP contribution < -0.4 is 9.47 Å². The molecule has 2 N–H and O–H groups in total. The van der Waals surface area contributed by atoms with Crippen LogP contribution in [0.2, 0.25) is 0 Å². The number of allylic oxidation sites excluding steroid dienone is 1. The summed E-state index contributed by atoms with van der Waals surface area (Å²) in [6.45, 7) is 4.07. The van der Waals surface area contributed by atoms with E-state index >= 15 is 0 Å². The molecule has 0 atom stereocenters. The van der Waals surface area contributed by atoms with Crippen LogP contribution in [-0.4, -0.2) is 21.6 Å². The smallest absolute Gasteiger partial charge is 0.231 e. The number of hydrogen-bond donors (Lipinski definition) is 2. The molecule has 0 aliphatic carbocycles. The number of fused-ring (bicyclic) bond motifs is 3. The van der Waals surface area contributed by atoms with Gasteiger partial charge in [-0.1, -0.05) is 0 Å². The summed E-state index contributed by atoms with van der Waals surface area (Å²) < 4.78 is 11.8. The monoisotopic (exact) mass is 338 g/mol. The molecule has 4 rings (SSSR count). The summed E-state index contributed by atoms with van der Waals surface area (Å²) in [5, 5.41) is 19.2. The van der Waals surface area contributed by atoms with Crippen LogP contribution in [0.15, 0.2) is 36.1 Å². The van der Waals surface area contributed by atoms with Gasteiger partial charge >= 0.3 is 0 Å². The topological polar surface area (TPSA) is 76.0 Å². The molecule has 5 nitrogen and oxygen atoms in total. The number of ether oxygens (including phenoxy) is 2. The zero-order valence-electron chi connectivity index (χ0n) is 14.0. The Kier molecular flexibility index (Phi) is 3.29. The van der Waals surface area contributed by atoms with Crippen molar-refractivity contribution in [3.05, 3.63) is 52.8 Å². The highest BCUT2D eigenvalue weighted by Gasteiger charge is 2.35. The zero-order valence-corrected chi connectivity index (χ0v) is 14.0. The van der Waals surface area contributed by atoms with Gasteiger partial charge in [0.25, 0.3) is 0 Å². The van der Waals surface area contributed by atoms with Crippen molar-refractivity contribution in [3.8, 4) is 23.0 Å². The molecule has 25 heavy (non-hydrogen) atoms. The van der Waals surface area contributed by atoms with E-state index in [4.69, 9.17) is 9.47 Å². The number of Topliss-reactive ketones (excluding diaryl/α,β-unsaturated/α-hetero) is 1. The van der Waals surface area contributed by atoms with Crippen molar-refractivity contribution in [2.75, 3.05) is 0 Å². The average Bonchev–Trinajstić information content (AvgIpc) is 2.81. The molecular formula is C20H18O5. The first-order valence-electron chi connectivity index (χ1n) is 8.15. The third-order valence-electron chi connectivity index (χ3n) is 4.48. The van der Waals surface area contributed by atoms with Crippen LogP contribution in [0.5, 0.6) is 23.0 Å². The molecule has 0 unspecified atom stereocenters. The first kappa shape index (κ1) is 15.6. The van der Waals surface area contributed by atoms with Crippen molar-refractivity contribution >= 4 is 11.9 Å². The molecule has 0 amide bonds. The Balaban J connectivity index is 1.73. The molecule has 2 aromatic carbocycles. The van der Waals surface area contributed by atoms with Crippen LogP contribution in [0.1, 0.15) is 41.8 Å². The largest absolute Gasteiger partial charge is 0.508 e. The van der Waals surface area contributed by atoms with Crippen molar-refractivity contribution < 1.29 is 24.5 Å². The molecule has 0 fully saturated rings. The third-order valence-corrected chi connectivity index (χ3v) is 4.48. The summed E-state index contributed by atoms with van der Waals surface area (Å²) in [6, 6.07) is 7.67. The number of carbonyl (C=O) groups is 1. The summed E-state index contributed by atoms with van der Waals surface area (Å²) in [4.78, 5) is 12.6. The maximum absolute atomic E-state index is 12.6. The van der Waals surface area contributed by atoms with Gasteiger partial charge in [0.1, 0.15) is 28.6 Å². The quantitative estimate of drug-likeness (QED) is 0.773. The van der Waals surface area contributed by atoms with Crippen molar-refractivity contribution in [3.63, 3.8) is 0 Å². The Morgan fingerprint density at radius 2 is 1.84 bits per heavy atom. The Labute approximate surface area is 145 Å². The van der Waals surface area contributed by atoms with Gasteiger partial charge in [0.15, 0.2) is 5.76 Å². The van der Waals surface area contributed by atoms with E-state index in [-0.39, 0.29) is 28.6 Å². The van der Waals surface area contributed by atoms with Crippen molar-refractivity contribution in [1.29, 1.82) is 0 Å². The van der Waals surface area contributed by atoms with Crippen molar-refractivity contribution in [1.82, 2.24) is 0 Å². The first-order chi connectivity index (χ1) is 11.8. The Bertz CT molecular complexity index is 904. The molecular weight excluding hydrogens is 320 g/mol. The van der Waals surface area contributed by atoms with Crippen LogP contribution >= 0.6 is 0 Å². The van der Waals surface area contributed by atoms with E-state index in [1.165, 1.54) is 24.3 Å². The molecule has 0 spiro atoms. The Morgan fingerprint density at radius 3 is 2.56 bits per heavy atom. The molecule has 0 radical (unpaired) electrons. The minimum atomic E-state index is -0.235. The highest BCUT2D eigenvalue weighted by Crippen LogP contribution is 2.44. The fraction of sp³-hybridized carbons (Fsp3) is 0.250. The van der Waals surface area contributed by atoms with Crippen molar-refractivity contribution in [2.45, 2.75) is 32.3 Å². The normalized spacial score (nSPS) is 19.1. The standard InChI is InChI=1S/C20H18O5/c1-20(2)6-5-14-16(25-20)4-3-15-18(23)17(24-19(14)15)9-11-7-12(21)10-13(22)8-11/h3-4,7-10,21-22H,5-6H2,1-2H3/b17-9-. The van der Waals surface area contributed by atoms with Crippen LogP contribution in [0, 0.1) is 0 Å². The van der Waals surface area contributed by atoms with E-state index in [1.54, 1.807) is 6.07 Å². The minimum Gasteiger partial charge on any atom is -0.508 e. The molecule has 2 heterocycles. The SMILES string of the molecule is CC1(C)CCc2c(ccc3c2O/C(=C\c2cc(O)cc(O)c2)C3=O)O1. The lowest BCUT2D eigenvalue weighted by atomic mass is 9.92. The summed E-state index contributed by atoms with van der Waals surface area (Å²) in [6.07, 6.45) is 3.13. The molecule has 0 bridgehead atoms. The Morgan fingerprint density at radius 1 is 1.12 bits per heavy atom. The van der Waals surface area contributed by atoms with E-state index < -0.39 is 0 Å². The van der Waals surface area contributed by atoms with Gasteiger partial charge in [-0.3, -0.25) is 4.79 Å². The van der Waals surface area contributed by atoms with Gasteiger partial charge in [0, 0.05) is 11.6 Å². The second kappa shape index (κ2) is 5.28. The van der Waals surface area contributed by atoms with E-state index in [0.717, 1.165) is 24.2 Å². The number of ketones is 1.